The molecular weight excluding hydrogens is 248 g/mol. The highest BCUT2D eigenvalue weighted by molar-refractivity contribution is 5.10. The zero-order chi connectivity index (χ0) is 14.7. The van der Waals surface area contributed by atoms with E-state index in [-0.39, 0.29) is 0 Å². The number of rotatable bonds is 5. The molecular formula is C17H30N2O. The van der Waals surface area contributed by atoms with Crippen LogP contribution in [0.15, 0.2) is 16.5 Å². The van der Waals surface area contributed by atoms with Crippen molar-refractivity contribution in [3.63, 3.8) is 0 Å². The Hall–Kier alpha value is -0.800. The highest BCUT2D eigenvalue weighted by Gasteiger charge is 2.31. The summed E-state index contributed by atoms with van der Waals surface area (Å²) >= 11 is 0. The van der Waals surface area contributed by atoms with Crippen molar-refractivity contribution >= 4 is 0 Å². The zero-order valence-electron chi connectivity index (χ0n) is 13.6. The third-order valence-corrected chi connectivity index (χ3v) is 4.44. The molecule has 1 fully saturated rings. The maximum Gasteiger partial charge on any atom is 0.121 e. The number of furan rings is 1. The van der Waals surface area contributed by atoms with Crippen LogP contribution in [0.2, 0.25) is 0 Å². The van der Waals surface area contributed by atoms with E-state index in [9.17, 15) is 0 Å². The van der Waals surface area contributed by atoms with Crippen molar-refractivity contribution in [1.82, 2.24) is 10.2 Å². The summed E-state index contributed by atoms with van der Waals surface area (Å²) in [6.07, 6.45) is 2.43. The van der Waals surface area contributed by atoms with Crippen molar-refractivity contribution in [1.29, 1.82) is 0 Å². The fourth-order valence-electron chi connectivity index (χ4n) is 3.31. The minimum absolute atomic E-state index is 0.366. The Balaban J connectivity index is 2.08. The second kappa shape index (κ2) is 6.77. The summed E-state index contributed by atoms with van der Waals surface area (Å²) in [5.41, 5.74) is 0. The minimum atomic E-state index is 0.366. The van der Waals surface area contributed by atoms with E-state index in [1.165, 1.54) is 12.8 Å². The van der Waals surface area contributed by atoms with Gasteiger partial charge >= 0.3 is 0 Å². The number of aryl methyl sites for hydroxylation is 1. The van der Waals surface area contributed by atoms with Crippen LogP contribution in [-0.4, -0.2) is 30.1 Å². The topological polar surface area (TPSA) is 28.4 Å². The molecule has 1 N–H and O–H groups in total. The Morgan fingerprint density at radius 3 is 2.65 bits per heavy atom. The summed E-state index contributed by atoms with van der Waals surface area (Å²) in [5.74, 6) is 2.86. The van der Waals surface area contributed by atoms with Gasteiger partial charge in [-0.25, -0.2) is 0 Å². The molecule has 20 heavy (non-hydrogen) atoms. The second-order valence-electron chi connectivity index (χ2n) is 6.62. The lowest BCUT2D eigenvalue weighted by Crippen LogP contribution is -2.57. The lowest BCUT2D eigenvalue weighted by Gasteiger charge is -2.43. The molecule has 3 unspecified atom stereocenters. The Morgan fingerprint density at radius 2 is 2.10 bits per heavy atom. The first-order valence-electron chi connectivity index (χ1n) is 8.06. The van der Waals surface area contributed by atoms with E-state index in [0.717, 1.165) is 30.5 Å². The van der Waals surface area contributed by atoms with Crippen LogP contribution >= 0.6 is 0 Å². The Labute approximate surface area is 123 Å². The SMILES string of the molecule is CCC1CNC(CC(C)C)CN1C(C)c1ccc(C)o1. The van der Waals surface area contributed by atoms with Crippen LogP contribution in [0, 0.1) is 12.8 Å². The third kappa shape index (κ3) is 3.64. The molecule has 0 aromatic carbocycles. The van der Waals surface area contributed by atoms with Gasteiger partial charge in [-0.1, -0.05) is 20.8 Å². The molecule has 1 aromatic rings. The highest BCUT2D eigenvalue weighted by Crippen LogP contribution is 2.28. The Kier molecular flexibility index (Phi) is 5.28. The van der Waals surface area contributed by atoms with E-state index in [4.69, 9.17) is 4.42 Å². The molecule has 3 atom stereocenters. The molecule has 1 aliphatic rings. The average Bonchev–Trinajstić information content (AvgIpc) is 2.84. The molecule has 0 bridgehead atoms. The van der Waals surface area contributed by atoms with Crippen molar-refractivity contribution in [2.24, 2.45) is 5.92 Å². The normalized spacial score (nSPS) is 26.1. The molecule has 1 saturated heterocycles. The summed E-state index contributed by atoms with van der Waals surface area (Å²) in [4.78, 5) is 2.63. The monoisotopic (exact) mass is 278 g/mol. The largest absolute Gasteiger partial charge is 0.465 e. The van der Waals surface area contributed by atoms with Crippen LogP contribution in [0.3, 0.4) is 0 Å². The lowest BCUT2D eigenvalue weighted by atomic mass is 9.97. The molecule has 0 spiro atoms. The molecule has 0 aliphatic carbocycles. The van der Waals surface area contributed by atoms with Gasteiger partial charge < -0.3 is 9.73 Å². The van der Waals surface area contributed by atoms with E-state index in [1.54, 1.807) is 0 Å². The van der Waals surface area contributed by atoms with Crippen molar-refractivity contribution in [3.05, 3.63) is 23.7 Å². The van der Waals surface area contributed by atoms with Crippen LogP contribution in [0.4, 0.5) is 0 Å². The van der Waals surface area contributed by atoms with Gasteiger partial charge in [0.1, 0.15) is 11.5 Å². The van der Waals surface area contributed by atoms with Crippen LogP contribution in [0.1, 0.15) is 58.1 Å². The quantitative estimate of drug-likeness (QED) is 0.889. The van der Waals surface area contributed by atoms with E-state index in [2.05, 4.69) is 50.0 Å². The van der Waals surface area contributed by atoms with Crippen LogP contribution < -0.4 is 5.32 Å². The number of piperazine rings is 1. The van der Waals surface area contributed by atoms with E-state index in [0.29, 0.717) is 18.1 Å². The lowest BCUT2D eigenvalue weighted by molar-refractivity contribution is 0.0703. The van der Waals surface area contributed by atoms with Gasteiger partial charge in [0.2, 0.25) is 0 Å². The highest BCUT2D eigenvalue weighted by atomic mass is 16.3. The van der Waals surface area contributed by atoms with Gasteiger partial charge in [0.15, 0.2) is 0 Å². The van der Waals surface area contributed by atoms with Crippen molar-refractivity contribution in [2.45, 2.75) is 65.6 Å². The summed E-state index contributed by atoms with van der Waals surface area (Å²) in [5, 5.41) is 3.72. The van der Waals surface area contributed by atoms with Crippen molar-refractivity contribution in [2.75, 3.05) is 13.1 Å². The Bertz CT molecular complexity index is 413. The number of hydrogen-bond acceptors (Lipinski definition) is 3. The predicted octanol–water partition coefficient (Wildman–Crippen LogP) is 3.75. The molecule has 3 nitrogen and oxygen atoms in total. The first kappa shape index (κ1) is 15.6. The van der Waals surface area contributed by atoms with Gasteiger partial charge in [-0.3, -0.25) is 4.90 Å². The standard InChI is InChI=1S/C17H30N2O/c1-6-16-10-18-15(9-12(2)3)11-19(16)14(5)17-8-7-13(4)20-17/h7-8,12,14-16,18H,6,9-11H2,1-5H3. The van der Waals surface area contributed by atoms with Crippen LogP contribution in [0.5, 0.6) is 0 Å². The van der Waals surface area contributed by atoms with Gasteiger partial charge in [0.25, 0.3) is 0 Å². The number of hydrogen-bond donors (Lipinski definition) is 1. The third-order valence-electron chi connectivity index (χ3n) is 4.44. The molecule has 3 heteroatoms. The molecule has 2 heterocycles. The molecule has 2 rings (SSSR count). The summed E-state index contributed by atoms with van der Waals surface area (Å²) < 4.78 is 5.85. The van der Waals surface area contributed by atoms with E-state index in [1.807, 2.05) is 6.92 Å². The first-order chi connectivity index (χ1) is 9.51. The molecule has 114 valence electrons. The maximum absolute atomic E-state index is 5.85. The smallest absolute Gasteiger partial charge is 0.121 e. The van der Waals surface area contributed by atoms with Gasteiger partial charge in [-0.05, 0) is 44.7 Å². The van der Waals surface area contributed by atoms with Gasteiger partial charge in [0, 0.05) is 25.2 Å². The molecule has 1 aromatic heterocycles. The second-order valence-corrected chi connectivity index (χ2v) is 6.62. The van der Waals surface area contributed by atoms with Crippen LogP contribution in [0.25, 0.3) is 0 Å². The fraction of sp³-hybridized carbons (Fsp3) is 0.765. The fourth-order valence-corrected chi connectivity index (χ4v) is 3.31. The average molecular weight is 278 g/mol. The molecule has 0 radical (unpaired) electrons. The van der Waals surface area contributed by atoms with Gasteiger partial charge in [-0.2, -0.15) is 0 Å². The number of nitrogens with zero attached hydrogens (tertiary/aromatic N) is 1. The molecule has 1 aliphatic heterocycles. The van der Waals surface area contributed by atoms with E-state index < -0.39 is 0 Å². The zero-order valence-corrected chi connectivity index (χ0v) is 13.6. The Morgan fingerprint density at radius 1 is 1.35 bits per heavy atom. The summed E-state index contributed by atoms with van der Waals surface area (Å²) in [6, 6.07) is 5.79. The van der Waals surface area contributed by atoms with Crippen molar-refractivity contribution < 1.29 is 4.42 Å². The van der Waals surface area contributed by atoms with Gasteiger partial charge in [0.05, 0.1) is 6.04 Å². The van der Waals surface area contributed by atoms with Crippen molar-refractivity contribution in [3.8, 4) is 0 Å². The minimum Gasteiger partial charge on any atom is -0.465 e. The summed E-state index contributed by atoms with van der Waals surface area (Å²) in [7, 11) is 0. The summed E-state index contributed by atoms with van der Waals surface area (Å²) in [6.45, 7) is 13.4. The predicted molar refractivity (Wildman–Crippen MR) is 83.9 cm³/mol. The van der Waals surface area contributed by atoms with E-state index >= 15 is 0 Å². The molecule has 0 amide bonds. The first-order valence-corrected chi connectivity index (χ1v) is 8.06. The maximum atomic E-state index is 5.85. The van der Waals surface area contributed by atoms with Gasteiger partial charge in [-0.15, -0.1) is 0 Å². The van der Waals surface area contributed by atoms with Crippen LogP contribution in [-0.2, 0) is 0 Å². The molecule has 0 saturated carbocycles. The number of nitrogens with one attached hydrogen (secondary N) is 1.